The molecule has 0 aromatic heterocycles. The van der Waals surface area contributed by atoms with Gasteiger partial charge >= 0.3 is 5.97 Å². The van der Waals surface area contributed by atoms with E-state index >= 15 is 0 Å². The van der Waals surface area contributed by atoms with Crippen LogP contribution >= 0.6 is 11.8 Å². The van der Waals surface area contributed by atoms with Crippen molar-refractivity contribution < 1.29 is 13.9 Å². The molecule has 0 amide bonds. The van der Waals surface area contributed by atoms with E-state index in [-0.39, 0.29) is 5.56 Å². The van der Waals surface area contributed by atoms with Crippen molar-refractivity contribution >= 4 is 17.7 Å². The van der Waals surface area contributed by atoms with Gasteiger partial charge in [0.15, 0.2) is 0 Å². The second-order valence-electron chi connectivity index (χ2n) is 3.85. The SMILES string of the molecule is C=CCSCCNCc1ccc(C(=O)OC)c(F)c1. The van der Waals surface area contributed by atoms with E-state index in [0.717, 1.165) is 23.6 Å². The van der Waals surface area contributed by atoms with Crippen molar-refractivity contribution in [3.8, 4) is 0 Å². The molecule has 1 N–H and O–H groups in total. The van der Waals surface area contributed by atoms with Gasteiger partial charge in [0.05, 0.1) is 12.7 Å². The van der Waals surface area contributed by atoms with E-state index in [1.165, 1.54) is 19.2 Å². The van der Waals surface area contributed by atoms with E-state index in [1.807, 2.05) is 6.08 Å². The number of nitrogens with one attached hydrogen (secondary N) is 1. The Morgan fingerprint density at radius 1 is 1.58 bits per heavy atom. The van der Waals surface area contributed by atoms with E-state index < -0.39 is 11.8 Å². The molecule has 0 unspecified atom stereocenters. The fourth-order valence-electron chi connectivity index (χ4n) is 1.49. The molecule has 0 radical (unpaired) electrons. The summed E-state index contributed by atoms with van der Waals surface area (Å²) in [4.78, 5) is 11.2. The van der Waals surface area contributed by atoms with E-state index in [4.69, 9.17) is 0 Å². The molecule has 1 aromatic carbocycles. The highest BCUT2D eigenvalue weighted by Gasteiger charge is 2.11. The van der Waals surface area contributed by atoms with Crippen LogP contribution in [0.2, 0.25) is 0 Å². The smallest absolute Gasteiger partial charge is 0.340 e. The summed E-state index contributed by atoms with van der Waals surface area (Å²) < 4.78 is 18.1. The van der Waals surface area contributed by atoms with Gasteiger partial charge in [-0.1, -0.05) is 12.1 Å². The van der Waals surface area contributed by atoms with Gasteiger partial charge in [-0.15, -0.1) is 6.58 Å². The van der Waals surface area contributed by atoms with E-state index in [0.29, 0.717) is 6.54 Å². The monoisotopic (exact) mass is 283 g/mol. The van der Waals surface area contributed by atoms with Crippen molar-refractivity contribution in [2.75, 3.05) is 25.2 Å². The van der Waals surface area contributed by atoms with Crippen molar-refractivity contribution in [3.05, 3.63) is 47.8 Å². The number of hydrogen-bond donors (Lipinski definition) is 1. The third-order valence-corrected chi connectivity index (χ3v) is 3.39. The predicted molar refractivity (Wildman–Crippen MR) is 77.0 cm³/mol. The Labute approximate surface area is 117 Å². The first kappa shape index (κ1) is 15.7. The molecule has 5 heteroatoms. The number of rotatable bonds is 8. The van der Waals surface area contributed by atoms with Crippen molar-refractivity contribution in [2.45, 2.75) is 6.54 Å². The fourth-order valence-corrected chi connectivity index (χ4v) is 2.11. The lowest BCUT2D eigenvalue weighted by molar-refractivity contribution is 0.0595. The van der Waals surface area contributed by atoms with E-state index in [1.54, 1.807) is 17.8 Å². The number of methoxy groups -OCH3 is 1. The lowest BCUT2D eigenvalue weighted by Gasteiger charge is -2.06. The second kappa shape index (κ2) is 8.72. The standard InChI is InChI=1S/C14H18FNO2S/c1-3-7-19-8-6-16-10-11-4-5-12(13(15)9-11)14(17)18-2/h3-5,9,16H,1,6-8,10H2,2H3. The molecule has 0 aliphatic heterocycles. The van der Waals surface area contributed by atoms with Gasteiger partial charge in [-0.2, -0.15) is 11.8 Å². The first-order valence-corrected chi connectivity index (χ1v) is 7.10. The van der Waals surface area contributed by atoms with Gasteiger partial charge in [-0.25, -0.2) is 9.18 Å². The maximum absolute atomic E-state index is 13.6. The van der Waals surface area contributed by atoms with Crippen molar-refractivity contribution in [1.29, 1.82) is 0 Å². The third-order valence-electron chi connectivity index (χ3n) is 2.43. The molecule has 0 bridgehead atoms. The Bertz CT molecular complexity index is 437. The third kappa shape index (κ3) is 5.44. The topological polar surface area (TPSA) is 38.3 Å². The summed E-state index contributed by atoms with van der Waals surface area (Å²) >= 11 is 1.79. The zero-order chi connectivity index (χ0) is 14.1. The summed E-state index contributed by atoms with van der Waals surface area (Å²) in [6.07, 6.45) is 1.87. The van der Waals surface area contributed by atoms with Crippen molar-refractivity contribution in [3.63, 3.8) is 0 Å². The Morgan fingerprint density at radius 2 is 2.37 bits per heavy atom. The maximum Gasteiger partial charge on any atom is 0.340 e. The van der Waals surface area contributed by atoms with Gasteiger partial charge in [0.1, 0.15) is 5.82 Å². The molecular weight excluding hydrogens is 265 g/mol. The number of benzene rings is 1. The molecule has 0 saturated heterocycles. The lowest BCUT2D eigenvalue weighted by atomic mass is 10.1. The van der Waals surface area contributed by atoms with Crippen molar-refractivity contribution in [1.82, 2.24) is 5.32 Å². The minimum Gasteiger partial charge on any atom is -0.465 e. The van der Waals surface area contributed by atoms with Crippen LogP contribution in [0.1, 0.15) is 15.9 Å². The number of esters is 1. The van der Waals surface area contributed by atoms with Crippen LogP contribution in [0.4, 0.5) is 4.39 Å². The Balaban J connectivity index is 2.41. The highest BCUT2D eigenvalue weighted by molar-refractivity contribution is 7.99. The molecule has 19 heavy (non-hydrogen) atoms. The van der Waals surface area contributed by atoms with Gasteiger partial charge in [0, 0.05) is 24.6 Å². The summed E-state index contributed by atoms with van der Waals surface area (Å²) in [7, 11) is 1.23. The predicted octanol–water partition coefficient (Wildman–Crippen LogP) is 2.62. The van der Waals surface area contributed by atoms with Crippen LogP contribution in [0.15, 0.2) is 30.9 Å². The van der Waals surface area contributed by atoms with Crippen LogP contribution in [0, 0.1) is 5.82 Å². The Hall–Kier alpha value is -1.33. The number of carbonyl (C=O) groups excluding carboxylic acids is 1. The summed E-state index contributed by atoms with van der Waals surface area (Å²) in [5, 5.41) is 3.21. The van der Waals surface area contributed by atoms with Crippen LogP contribution in [0.3, 0.4) is 0 Å². The number of ether oxygens (including phenoxy) is 1. The average Bonchev–Trinajstić information content (AvgIpc) is 2.42. The molecule has 1 rings (SSSR count). The largest absolute Gasteiger partial charge is 0.465 e. The Kier molecular flexibility index (Phi) is 7.22. The molecule has 0 spiro atoms. The maximum atomic E-state index is 13.6. The molecule has 0 saturated carbocycles. The molecule has 0 heterocycles. The first-order chi connectivity index (χ1) is 9.19. The molecule has 3 nitrogen and oxygen atoms in total. The van der Waals surface area contributed by atoms with Gasteiger partial charge in [0.25, 0.3) is 0 Å². The fraction of sp³-hybridized carbons (Fsp3) is 0.357. The highest BCUT2D eigenvalue weighted by Crippen LogP contribution is 2.11. The molecule has 1 aromatic rings. The summed E-state index contributed by atoms with van der Waals surface area (Å²) in [5.41, 5.74) is 0.770. The number of carbonyl (C=O) groups is 1. The minimum atomic E-state index is -0.655. The molecule has 0 atom stereocenters. The van der Waals surface area contributed by atoms with Gasteiger partial charge in [-0.3, -0.25) is 0 Å². The summed E-state index contributed by atoms with van der Waals surface area (Å²) in [5.74, 6) is 0.712. The molecule has 0 aliphatic carbocycles. The molecule has 104 valence electrons. The molecular formula is C14H18FNO2S. The van der Waals surface area contributed by atoms with Crippen LogP contribution in [-0.2, 0) is 11.3 Å². The Morgan fingerprint density at radius 3 is 3.00 bits per heavy atom. The van der Waals surface area contributed by atoms with Gasteiger partial charge < -0.3 is 10.1 Å². The van der Waals surface area contributed by atoms with Crippen LogP contribution < -0.4 is 5.32 Å². The quantitative estimate of drug-likeness (QED) is 0.452. The minimum absolute atomic E-state index is 0.0345. The van der Waals surface area contributed by atoms with Crippen LogP contribution in [0.5, 0.6) is 0 Å². The summed E-state index contributed by atoms with van der Waals surface area (Å²) in [6, 6.07) is 4.53. The van der Waals surface area contributed by atoms with Gasteiger partial charge in [-0.05, 0) is 17.7 Å². The zero-order valence-electron chi connectivity index (χ0n) is 10.9. The van der Waals surface area contributed by atoms with Crippen molar-refractivity contribution in [2.24, 2.45) is 0 Å². The normalized spacial score (nSPS) is 10.2. The lowest BCUT2D eigenvalue weighted by Crippen LogP contribution is -2.17. The molecule has 0 aliphatic rings. The first-order valence-electron chi connectivity index (χ1n) is 5.95. The van der Waals surface area contributed by atoms with Crippen LogP contribution in [-0.4, -0.2) is 31.1 Å². The second-order valence-corrected chi connectivity index (χ2v) is 5.00. The highest BCUT2D eigenvalue weighted by atomic mass is 32.2. The molecule has 0 fully saturated rings. The van der Waals surface area contributed by atoms with Crippen LogP contribution in [0.25, 0.3) is 0 Å². The van der Waals surface area contributed by atoms with E-state index in [2.05, 4.69) is 16.6 Å². The number of thioether (sulfide) groups is 1. The summed E-state index contributed by atoms with van der Waals surface area (Å²) in [6.45, 7) is 5.07. The average molecular weight is 283 g/mol. The number of hydrogen-bond acceptors (Lipinski definition) is 4. The number of halogens is 1. The van der Waals surface area contributed by atoms with Gasteiger partial charge in [0.2, 0.25) is 0 Å². The zero-order valence-corrected chi connectivity index (χ0v) is 11.8. The van der Waals surface area contributed by atoms with E-state index in [9.17, 15) is 9.18 Å².